The van der Waals surface area contributed by atoms with E-state index in [2.05, 4.69) is 9.97 Å². The topological polar surface area (TPSA) is 78.8 Å². The minimum absolute atomic E-state index is 0.0551. The van der Waals surface area contributed by atoms with E-state index in [1.165, 1.54) is 36.3 Å². The van der Waals surface area contributed by atoms with Gasteiger partial charge in [-0.15, -0.1) is 0 Å². The standard InChI is InChI=1S/C22H20Cl2F2N4O3/c1-10-9-30(22(31)32)11(2)8-29(10)20-12-7-13(23)16(18(26)19(12)27-21(24)28-20)17-14(25)5-4-6-15(17)33-3/h4-7,10-11H,8-9H2,1-3H3,(H,31,32). The van der Waals surface area contributed by atoms with Gasteiger partial charge >= 0.3 is 6.09 Å². The third-order valence-corrected chi connectivity index (χ3v) is 6.25. The number of amides is 1. The summed E-state index contributed by atoms with van der Waals surface area (Å²) in [6.45, 7) is 4.13. The normalized spacial score (nSPS) is 18.6. The molecule has 1 N–H and O–H groups in total. The van der Waals surface area contributed by atoms with Gasteiger partial charge in [0.25, 0.3) is 0 Å². The summed E-state index contributed by atoms with van der Waals surface area (Å²) in [5.74, 6) is -1.14. The number of hydrogen-bond acceptors (Lipinski definition) is 5. The number of halogens is 4. The monoisotopic (exact) mass is 496 g/mol. The number of anilines is 1. The molecule has 3 aromatic rings. The molecule has 2 heterocycles. The lowest BCUT2D eigenvalue weighted by Gasteiger charge is -2.43. The van der Waals surface area contributed by atoms with Crippen LogP contribution in [0.1, 0.15) is 13.8 Å². The molecule has 1 aliphatic rings. The molecule has 1 saturated heterocycles. The highest BCUT2D eigenvalue weighted by molar-refractivity contribution is 6.34. The molecule has 1 fully saturated rings. The first-order chi connectivity index (χ1) is 15.6. The fourth-order valence-electron chi connectivity index (χ4n) is 4.21. The van der Waals surface area contributed by atoms with Crippen molar-refractivity contribution in [1.82, 2.24) is 14.9 Å². The van der Waals surface area contributed by atoms with Crippen LogP contribution in [0.3, 0.4) is 0 Å². The van der Waals surface area contributed by atoms with Crippen LogP contribution in [0.15, 0.2) is 24.3 Å². The number of carboxylic acid groups (broad SMARTS) is 1. The van der Waals surface area contributed by atoms with Crippen molar-refractivity contribution in [2.75, 3.05) is 25.1 Å². The summed E-state index contributed by atoms with van der Waals surface area (Å²) in [4.78, 5) is 23.1. The first-order valence-corrected chi connectivity index (χ1v) is 10.8. The Morgan fingerprint density at radius 1 is 1.15 bits per heavy atom. The number of ether oxygens (including phenoxy) is 1. The molecular formula is C22H20Cl2F2N4O3. The van der Waals surface area contributed by atoms with Gasteiger partial charge in [-0.05, 0) is 43.6 Å². The van der Waals surface area contributed by atoms with Crippen molar-refractivity contribution in [1.29, 1.82) is 0 Å². The van der Waals surface area contributed by atoms with E-state index in [9.17, 15) is 14.3 Å². The van der Waals surface area contributed by atoms with E-state index in [0.717, 1.165) is 0 Å². The van der Waals surface area contributed by atoms with Crippen LogP contribution >= 0.6 is 23.2 Å². The van der Waals surface area contributed by atoms with Gasteiger partial charge in [0.15, 0.2) is 5.82 Å². The molecule has 1 amide bonds. The number of methoxy groups -OCH3 is 1. The molecule has 0 saturated carbocycles. The van der Waals surface area contributed by atoms with Gasteiger partial charge < -0.3 is 19.6 Å². The van der Waals surface area contributed by atoms with Gasteiger partial charge in [0.05, 0.1) is 17.7 Å². The van der Waals surface area contributed by atoms with E-state index in [-0.39, 0.29) is 56.7 Å². The molecular weight excluding hydrogens is 477 g/mol. The third kappa shape index (κ3) is 4.00. The molecule has 7 nitrogen and oxygen atoms in total. The zero-order valence-corrected chi connectivity index (χ0v) is 19.5. The second kappa shape index (κ2) is 8.79. The number of nitrogens with zero attached hydrogens (tertiary/aromatic N) is 4. The highest BCUT2D eigenvalue weighted by Crippen LogP contribution is 2.43. The molecule has 1 aromatic heterocycles. The second-order valence-corrected chi connectivity index (χ2v) is 8.61. The molecule has 33 heavy (non-hydrogen) atoms. The van der Waals surface area contributed by atoms with Gasteiger partial charge in [0, 0.05) is 36.1 Å². The van der Waals surface area contributed by atoms with E-state index in [0.29, 0.717) is 12.4 Å². The second-order valence-electron chi connectivity index (χ2n) is 7.86. The summed E-state index contributed by atoms with van der Waals surface area (Å²) < 4.78 is 35.7. The summed E-state index contributed by atoms with van der Waals surface area (Å²) in [5, 5.41) is 9.45. The predicted octanol–water partition coefficient (Wildman–Crippen LogP) is 5.47. The number of hydrogen-bond donors (Lipinski definition) is 1. The van der Waals surface area contributed by atoms with Crippen molar-refractivity contribution in [3.05, 3.63) is 46.2 Å². The van der Waals surface area contributed by atoms with Gasteiger partial charge in [-0.1, -0.05) is 17.7 Å². The molecule has 11 heteroatoms. The van der Waals surface area contributed by atoms with Crippen LogP contribution < -0.4 is 9.64 Å². The van der Waals surface area contributed by atoms with E-state index in [1.54, 1.807) is 6.92 Å². The maximum atomic E-state index is 15.8. The average molecular weight is 497 g/mol. The quantitative estimate of drug-likeness (QED) is 0.484. The van der Waals surface area contributed by atoms with Crippen molar-refractivity contribution in [2.24, 2.45) is 0 Å². The predicted molar refractivity (Wildman–Crippen MR) is 122 cm³/mol. The van der Waals surface area contributed by atoms with Crippen LogP contribution in [0.5, 0.6) is 5.75 Å². The lowest BCUT2D eigenvalue weighted by Crippen LogP contribution is -2.58. The van der Waals surface area contributed by atoms with Gasteiger partial charge in [0.2, 0.25) is 5.28 Å². The fraction of sp³-hybridized carbons (Fsp3) is 0.318. The first kappa shape index (κ1) is 23.3. The minimum atomic E-state index is -1.02. The number of piperazine rings is 1. The van der Waals surface area contributed by atoms with Crippen LogP contribution in [0.2, 0.25) is 10.3 Å². The molecule has 2 atom stereocenters. The van der Waals surface area contributed by atoms with Crippen LogP contribution in [0.25, 0.3) is 22.0 Å². The largest absolute Gasteiger partial charge is 0.496 e. The number of carbonyl (C=O) groups is 1. The highest BCUT2D eigenvalue weighted by atomic mass is 35.5. The number of rotatable bonds is 3. The molecule has 174 valence electrons. The Kier molecular flexibility index (Phi) is 6.20. The van der Waals surface area contributed by atoms with Gasteiger partial charge in [-0.3, -0.25) is 0 Å². The van der Waals surface area contributed by atoms with E-state index in [1.807, 2.05) is 11.8 Å². The van der Waals surface area contributed by atoms with E-state index in [4.69, 9.17) is 27.9 Å². The van der Waals surface area contributed by atoms with Crippen LogP contribution in [0, 0.1) is 11.6 Å². The van der Waals surface area contributed by atoms with Gasteiger partial charge in [-0.2, -0.15) is 4.98 Å². The molecule has 2 unspecified atom stereocenters. The van der Waals surface area contributed by atoms with Crippen LogP contribution in [-0.2, 0) is 0 Å². The molecule has 0 radical (unpaired) electrons. The van der Waals surface area contributed by atoms with Crippen molar-refractivity contribution < 1.29 is 23.4 Å². The Hall–Kier alpha value is -2.91. The molecule has 0 aliphatic carbocycles. The molecule has 0 spiro atoms. The Bertz CT molecular complexity index is 1260. The lowest BCUT2D eigenvalue weighted by atomic mass is 10.0. The Morgan fingerprint density at radius 3 is 2.55 bits per heavy atom. The summed E-state index contributed by atoms with van der Waals surface area (Å²) in [5.41, 5.74) is -0.454. The summed E-state index contributed by atoms with van der Waals surface area (Å²) in [6.07, 6.45) is -1.02. The zero-order valence-electron chi connectivity index (χ0n) is 17.9. The number of aromatic nitrogens is 2. The van der Waals surface area contributed by atoms with Crippen LogP contribution in [0.4, 0.5) is 19.4 Å². The lowest BCUT2D eigenvalue weighted by molar-refractivity contribution is 0.114. The molecule has 1 aliphatic heterocycles. The van der Waals surface area contributed by atoms with Crippen LogP contribution in [-0.4, -0.2) is 58.4 Å². The third-order valence-electron chi connectivity index (χ3n) is 5.78. The van der Waals surface area contributed by atoms with E-state index >= 15 is 4.39 Å². The Morgan fingerprint density at radius 2 is 1.88 bits per heavy atom. The fourth-order valence-corrected chi connectivity index (χ4v) is 4.66. The molecule has 0 bridgehead atoms. The SMILES string of the molecule is COc1cccc(F)c1-c1c(Cl)cc2c(N3CC(C)N(C(=O)O)CC3C)nc(Cl)nc2c1F. The zero-order chi connectivity index (χ0) is 24.0. The number of fused-ring (bicyclic) bond motifs is 1. The maximum absolute atomic E-state index is 15.8. The van der Waals surface area contributed by atoms with Crippen molar-refractivity contribution in [3.8, 4) is 16.9 Å². The highest BCUT2D eigenvalue weighted by Gasteiger charge is 2.34. The first-order valence-electron chi connectivity index (χ1n) is 10.1. The minimum Gasteiger partial charge on any atom is -0.496 e. The maximum Gasteiger partial charge on any atom is 0.407 e. The van der Waals surface area contributed by atoms with E-state index < -0.39 is 17.7 Å². The van der Waals surface area contributed by atoms with Gasteiger partial charge in [-0.25, -0.2) is 18.6 Å². The molecule has 2 aromatic carbocycles. The average Bonchev–Trinajstić information content (AvgIpc) is 2.76. The van der Waals surface area contributed by atoms with Crippen molar-refractivity contribution in [2.45, 2.75) is 25.9 Å². The van der Waals surface area contributed by atoms with Crippen molar-refractivity contribution in [3.63, 3.8) is 0 Å². The number of benzene rings is 2. The molecule has 4 rings (SSSR count). The summed E-state index contributed by atoms with van der Waals surface area (Å²) in [7, 11) is 1.35. The van der Waals surface area contributed by atoms with Gasteiger partial charge in [0.1, 0.15) is 22.9 Å². The Balaban J connectivity index is 1.92. The smallest absolute Gasteiger partial charge is 0.407 e. The summed E-state index contributed by atoms with van der Waals surface area (Å²) in [6, 6.07) is 4.97. The van der Waals surface area contributed by atoms with Crippen molar-refractivity contribution >= 4 is 46.0 Å². The Labute approximate surface area is 198 Å². The summed E-state index contributed by atoms with van der Waals surface area (Å²) >= 11 is 12.6.